The first-order valence-corrected chi connectivity index (χ1v) is 13.1. The third-order valence-corrected chi connectivity index (χ3v) is 7.22. The second kappa shape index (κ2) is 11.3. The molecule has 5 rings (SSSR count). The van der Waals surface area contributed by atoms with Gasteiger partial charge < -0.3 is 10.1 Å². The van der Waals surface area contributed by atoms with Crippen LogP contribution in [-0.4, -0.2) is 28.6 Å². The van der Waals surface area contributed by atoms with Crippen LogP contribution in [-0.2, 0) is 16.1 Å². The molecule has 1 fully saturated rings. The quantitative estimate of drug-likeness (QED) is 0.237. The number of amides is 3. The number of thioether (sulfide) groups is 1. The van der Waals surface area contributed by atoms with Crippen molar-refractivity contribution in [2.24, 2.45) is 0 Å². The zero-order chi connectivity index (χ0) is 26.6. The first-order valence-electron chi connectivity index (χ1n) is 11.6. The Kier molecular flexibility index (Phi) is 7.69. The third kappa shape index (κ3) is 6.02. The summed E-state index contributed by atoms with van der Waals surface area (Å²) < 4.78 is 5.55. The van der Waals surface area contributed by atoms with Crippen molar-refractivity contribution in [3.05, 3.63) is 111 Å². The van der Waals surface area contributed by atoms with Crippen molar-refractivity contribution in [1.29, 1.82) is 0 Å². The Morgan fingerprint density at radius 2 is 1.68 bits per heavy atom. The van der Waals surface area contributed by atoms with E-state index in [1.807, 2.05) is 42.5 Å². The van der Waals surface area contributed by atoms with E-state index >= 15 is 0 Å². The standard InChI is InChI=1S/C29H20Cl2N2O4S/c30-22-8-10-23(11-9-22)32-27(34)17-37-25-12-6-18(14-24(25)31)15-26-28(35)33(29(36)38-26)16-19-5-7-20-3-1-2-4-21(20)13-19/h1-15H,16-17H2,(H,32,34)/b26-15-. The Morgan fingerprint density at radius 1 is 0.921 bits per heavy atom. The average Bonchev–Trinajstić information content (AvgIpc) is 3.16. The normalized spacial score (nSPS) is 14.4. The number of ether oxygens (including phenoxy) is 1. The number of hydrogen-bond donors (Lipinski definition) is 1. The minimum absolute atomic E-state index is 0.193. The van der Waals surface area contributed by atoms with Crippen molar-refractivity contribution in [2.45, 2.75) is 6.54 Å². The van der Waals surface area contributed by atoms with E-state index in [4.69, 9.17) is 27.9 Å². The van der Waals surface area contributed by atoms with E-state index in [0.717, 1.165) is 28.1 Å². The highest BCUT2D eigenvalue weighted by Gasteiger charge is 2.35. The molecule has 1 N–H and O–H groups in total. The van der Waals surface area contributed by atoms with E-state index < -0.39 is 0 Å². The van der Waals surface area contributed by atoms with Crippen molar-refractivity contribution in [2.75, 3.05) is 11.9 Å². The smallest absolute Gasteiger partial charge is 0.293 e. The lowest BCUT2D eigenvalue weighted by atomic mass is 10.1. The molecular weight excluding hydrogens is 543 g/mol. The van der Waals surface area contributed by atoms with Crippen molar-refractivity contribution in [3.63, 3.8) is 0 Å². The fraction of sp³-hybridized carbons (Fsp3) is 0.0690. The highest BCUT2D eigenvalue weighted by atomic mass is 35.5. The van der Waals surface area contributed by atoms with Crippen LogP contribution in [0, 0.1) is 0 Å². The number of halogens is 2. The number of carbonyl (C=O) groups is 3. The largest absolute Gasteiger partial charge is 0.482 e. The molecule has 38 heavy (non-hydrogen) atoms. The summed E-state index contributed by atoms with van der Waals surface area (Å²) in [5.41, 5.74) is 2.10. The Bertz CT molecular complexity index is 1590. The van der Waals surface area contributed by atoms with Gasteiger partial charge in [-0.25, -0.2) is 0 Å². The molecule has 1 saturated heterocycles. The Hall–Kier alpha value is -3.78. The van der Waals surface area contributed by atoms with Crippen molar-refractivity contribution >= 4 is 74.6 Å². The van der Waals surface area contributed by atoms with Gasteiger partial charge in [-0.15, -0.1) is 0 Å². The van der Waals surface area contributed by atoms with Crippen LogP contribution in [0.25, 0.3) is 16.8 Å². The van der Waals surface area contributed by atoms with Gasteiger partial charge in [0.1, 0.15) is 5.75 Å². The van der Waals surface area contributed by atoms with E-state index in [1.165, 1.54) is 4.90 Å². The fourth-order valence-electron chi connectivity index (χ4n) is 3.90. The van der Waals surface area contributed by atoms with Crippen molar-refractivity contribution < 1.29 is 19.1 Å². The van der Waals surface area contributed by atoms with Crippen LogP contribution in [0.1, 0.15) is 11.1 Å². The molecule has 1 heterocycles. The zero-order valence-electron chi connectivity index (χ0n) is 19.8. The van der Waals surface area contributed by atoms with Crippen molar-refractivity contribution in [1.82, 2.24) is 4.90 Å². The predicted octanol–water partition coefficient (Wildman–Crippen LogP) is 7.40. The Morgan fingerprint density at radius 3 is 2.45 bits per heavy atom. The monoisotopic (exact) mass is 562 g/mol. The maximum atomic E-state index is 13.0. The van der Waals surface area contributed by atoms with E-state index in [2.05, 4.69) is 5.32 Å². The second-order valence-corrected chi connectivity index (χ2v) is 10.3. The first-order chi connectivity index (χ1) is 18.4. The Balaban J connectivity index is 1.22. The summed E-state index contributed by atoms with van der Waals surface area (Å²) in [4.78, 5) is 39.3. The minimum Gasteiger partial charge on any atom is -0.482 e. The van der Waals surface area contributed by atoms with Gasteiger partial charge in [0.2, 0.25) is 0 Å². The Labute approximate surface area is 233 Å². The van der Waals surface area contributed by atoms with E-state index in [-0.39, 0.29) is 35.2 Å². The summed E-state index contributed by atoms with van der Waals surface area (Å²) >= 11 is 13.1. The SMILES string of the molecule is O=C(COc1ccc(/C=C2\SC(=O)N(Cc3ccc4ccccc4c3)C2=O)cc1Cl)Nc1ccc(Cl)cc1. The summed E-state index contributed by atoms with van der Waals surface area (Å²) in [6.45, 7) is -0.0478. The number of nitrogens with one attached hydrogen (secondary N) is 1. The van der Waals surface area contributed by atoms with Crippen LogP contribution in [0.3, 0.4) is 0 Å². The molecule has 9 heteroatoms. The van der Waals surface area contributed by atoms with Crippen molar-refractivity contribution in [3.8, 4) is 5.75 Å². The number of carbonyl (C=O) groups excluding carboxylic acids is 3. The van der Waals surface area contributed by atoms with Gasteiger partial charge in [0.15, 0.2) is 6.61 Å². The fourth-order valence-corrected chi connectivity index (χ4v) is 5.11. The van der Waals surface area contributed by atoms with Gasteiger partial charge >= 0.3 is 0 Å². The maximum Gasteiger partial charge on any atom is 0.293 e. The lowest BCUT2D eigenvalue weighted by Gasteiger charge is -2.13. The molecular formula is C29H20Cl2N2O4S. The summed E-state index contributed by atoms with van der Waals surface area (Å²) in [7, 11) is 0. The van der Waals surface area contributed by atoms with Crippen LogP contribution in [0.5, 0.6) is 5.75 Å². The van der Waals surface area contributed by atoms with Crippen LogP contribution in [0.2, 0.25) is 10.0 Å². The number of nitrogens with zero attached hydrogens (tertiary/aromatic N) is 1. The lowest BCUT2D eigenvalue weighted by molar-refractivity contribution is -0.123. The van der Waals surface area contributed by atoms with E-state index in [1.54, 1.807) is 48.5 Å². The van der Waals surface area contributed by atoms with E-state index in [9.17, 15) is 14.4 Å². The molecule has 0 unspecified atom stereocenters. The number of imide groups is 1. The zero-order valence-corrected chi connectivity index (χ0v) is 22.1. The number of rotatable bonds is 7. The minimum atomic E-state index is -0.358. The number of fused-ring (bicyclic) bond motifs is 1. The number of anilines is 1. The molecule has 0 atom stereocenters. The molecule has 0 saturated carbocycles. The number of benzene rings is 4. The van der Waals surface area contributed by atoms with Gasteiger partial charge in [-0.05, 0) is 82.2 Å². The van der Waals surface area contributed by atoms with Gasteiger partial charge in [0, 0.05) is 10.7 Å². The summed E-state index contributed by atoms with van der Waals surface area (Å²) in [6.07, 6.45) is 1.62. The average molecular weight is 563 g/mol. The molecule has 4 aromatic rings. The van der Waals surface area contributed by atoms with Crippen LogP contribution in [0.4, 0.5) is 10.5 Å². The topological polar surface area (TPSA) is 75.7 Å². The van der Waals surface area contributed by atoms with Crippen LogP contribution >= 0.6 is 35.0 Å². The molecule has 4 aromatic carbocycles. The molecule has 1 aliphatic rings. The molecule has 1 aliphatic heterocycles. The highest BCUT2D eigenvalue weighted by Crippen LogP contribution is 2.35. The summed E-state index contributed by atoms with van der Waals surface area (Å²) in [5.74, 6) is -0.393. The third-order valence-electron chi connectivity index (χ3n) is 5.77. The second-order valence-electron chi connectivity index (χ2n) is 8.48. The van der Waals surface area contributed by atoms with Gasteiger partial charge in [-0.1, -0.05) is 65.7 Å². The molecule has 6 nitrogen and oxygen atoms in total. The van der Waals surface area contributed by atoms with E-state index in [0.29, 0.717) is 26.9 Å². The first kappa shape index (κ1) is 25.9. The molecule has 190 valence electrons. The molecule has 0 bridgehead atoms. The van der Waals surface area contributed by atoms with Gasteiger partial charge in [-0.3, -0.25) is 19.3 Å². The molecule has 3 amide bonds. The molecule has 0 aliphatic carbocycles. The number of hydrogen-bond acceptors (Lipinski definition) is 5. The summed E-state index contributed by atoms with van der Waals surface area (Å²) in [6, 6.07) is 25.5. The van der Waals surface area contributed by atoms with Crippen LogP contribution < -0.4 is 10.1 Å². The van der Waals surface area contributed by atoms with Gasteiger partial charge in [0.05, 0.1) is 16.5 Å². The van der Waals surface area contributed by atoms with Gasteiger partial charge in [-0.2, -0.15) is 0 Å². The predicted molar refractivity (Wildman–Crippen MR) is 152 cm³/mol. The summed E-state index contributed by atoms with van der Waals surface area (Å²) in [5, 5.41) is 5.36. The van der Waals surface area contributed by atoms with Crippen LogP contribution in [0.15, 0.2) is 89.8 Å². The lowest BCUT2D eigenvalue weighted by Crippen LogP contribution is -2.27. The molecule has 0 radical (unpaired) electrons. The maximum absolute atomic E-state index is 13.0. The highest BCUT2D eigenvalue weighted by molar-refractivity contribution is 8.18. The van der Waals surface area contributed by atoms with Gasteiger partial charge in [0.25, 0.3) is 17.1 Å². The molecule has 0 spiro atoms. The molecule has 0 aromatic heterocycles.